The molecule has 34 heavy (non-hydrogen) atoms. The molecule has 0 aromatic heterocycles. The van der Waals surface area contributed by atoms with Crippen molar-refractivity contribution in [3.05, 3.63) is 108 Å². The molecule has 1 atom stereocenters. The fourth-order valence-electron chi connectivity index (χ4n) is 4.66. The van der Waals surface area contributed by atoms with Crippen molar-refractivity contribution in [1.29, 1.82) is 0 Å². The van der Waals surface area contributed by atoms with Crippen LogP contribution in [0.1, 0.15) is 35.6 Å². The van der Waals surface area contributed by atoms with Crippen molar-refractivity contribution >= 4 is 17.8 Å². The van der Waals surface area contributed by atoms with Gasteiger partial charge in [0.2, 0.25) is 5.91 Å². The highest BCUT2D eigenvalue weighted by molar-refractivity contribution is 6.06. The number of nitrogens with one attached hydrogen (secondary N) is 1. The van der Waals surface area contributed by atoms with Crippen LogP contribution in [-0.2, 0) is 21.5 Å². The molecule has 4 amide bonds. The summed E-state index contributed by atoms with van der Waals surface area (Å²) in [5.74, 6) is -0.691. The van der Waals surface area contributed by atoms with E-state index in [1.807, 2.05) is 78.9 Å². The molecule has 6 heteroatoms. The lowest BCUT2D eigenvalue weighted by molar-refractivity contribution is -0.132. The number of hydrogen-bond donors (Lipinski definition) is 1. The highest BCUT2D eigenvalue weighted by atomic mass is 16.2. The second-order valence-corrected chi connectivity index (χ2v) is 9.06. The molecule has 1 heterocycles. The number of hydrogen-bond acceptors (Lipinski definition) is 3. The zero-order valence-corrected chi connectivity index (χ0v) is 18.9. The van der Waals surface area contributed by atoms with Crippen LogP contribution in [0.2, 0.25) is 0 Å². The molecule has 1 aliphatic heterocycles. The van der Waals surface area contributed by atoms with Crippen LogP contribution in [0, 0.1) is 0 Å². The molecule has 6 nitrogen and oxygen atoms in total. The molecule has 3 aromatic rings. The molecule has 0 radical (unpaired) electrons. The van der Waals surface area contributed by atoms with Crippen LogP contribution >= 0.6 is 0 Å². The summed E-state index contributed by atoms with van der Waals surface area (Å²) in [6.45, 7) is 0.513. The predicted molar refractivity (Wildman–Crippen MR) is 129 cm³/mol. The van der Waals surface area contributed by atoms with Gasteiger partial charge in [-0.15, -0.1) is 0 Å². The molecule has 0 bridgehead atoms. The van der Waals surface area contributed by atoms with Gasteiger partial charge in [-0.05, 0) is 29.5 Å². The van der Waals surface area contributed by atoms with Gasteiger partial charge in [-0.3, -0.25) is 14.5 Å². The average Bonchev–Trinajstić information content (AvgIpc) is 3.64. The van der Waals surface area contributed by atoms with Crippen molar-refractivity contribution in [1.82, 2.24) is 15.1 Å². The SMILES string of the molecule is O=C(CN1C(=O)C(c2ccccc2)N(Cc2ccccc2)C1=O)NCC1(c2ccccc2)CC1. The maximum absolute atomic E-state index is 13.4. The van der Waals surface area contributed by atoms with E-state index in [2.05, 4.69) is 17.4 Å². The first-order chi connectivity index (χ1) is 16.6. The Morgan fingerprint density at radius 2 is 1.44 bits per heavy atom. The number of amides is 4. The van der Waals surface area contributed by atoms with Gasteiger partial charge in [0.25, 0.3) is 5.91 Å². The molecule has 3 aromatic carbocycles. The van der Waals surface area contributed by atoms with Gasteiger partial charge < -0.3 is 10.2 Å². The quantitative estimate of drug-likeness (QED) is 0.524. The Balaban J connectivity index is 1.31. The Morgan fingerprint density at radius 1 is 0.853 bits per heavy atom. The molecule has 5 rings (SSSR count). The molecule has 1 N–H and O–H groups in total. The van der Waals surface area contributed by atoms with Crippen LogP contribution in [0.15, 0.2) is 91.0 Å². The van der Waals surface area contributed by atoms with Crippen molar-refractivity contribution in [2.45, 2.75) is 30.8 Å². The Kier molecular flexibility index (Phi) is 5.88. The van der Waals surface area contributed by atoms with E-state index < -0.39 is 12.1 Å². The second kappa shape index (κ2) is 9.14. The van der Waals surface area contributed by atoms with Gasteiger partial charge in [0.1, 0.15) is 12.6 Å². The monoisotopic (exact) mass is 453 g/mol. The molecular formula is C28H27N3O3. The smallest absolute Gasteiger partial charge is 0.328 e. The largest absolute Gasteiger partial charge is 0.354 e. The van der Waals surface area contributed by atoms with Gasteiger partial charge in [-0.2, -0.15) is 0 Å². The summed E-state index contributed by atoms with van der Waals surface area (Å²) in [6.07, 6.45) is 2.03. The lowest BCUT2D eigenvalue weighted by Gasteiger charge is -2.22. The van der Waals surface area contributed by atoms with E-state index in [4.69, 9.17) is 0 Å². The summed E-state index contributed by atoms with van der Waals surface area (Å²) in [6, 6.07) is 27.8. The maximum atomic E-state index is 13.4. The number of rotatable bonds is 8. The van der Waals surface area contributed by atoms with E-state index >= 15 is 0 Å². The Labute approximate surface area is 199 Å². The zero-order valence-electron chi connectivity index (χ0n) is 18.9. The molecule has 0 spiro atoms. The van der Waals surface area contributed by atoms with E-state index in [1.165, 1.54) is 5.56 Å². The minimum Gasteiger partial charge on any atom is -0.354 e. The maximum Gasteiger partial charge on any atom is 0.328 e. The third-order valence-electron chi connectivity index (χ3n) is 6.76. The normalized spacial score (nSPS) is 18.8. The van der Waals surface area contributed by atoms with Crippen LogP contribution in [0.4, 0.5) is 4.79 Å². The van der Waals surface area contributed by atoms with E-state index in [9.17, 15) is 14.4 Å². The van der Waals surface area contributed by atoms with Crippen LogP contribution in [0.3, 0.4) is 0 Å². The molecule has 2 aliphatic rings. The van der Waals surface area contributed by atoms with Gasteiger partial charge in [-0.25, -0.2) is 4.79 Å². The Hall–Kier alpha value is -3.93. The number of nitrogens with zero attached hydrogens (tertiary/aromatic N) is 2. The molecule has 2 fully saturated rings. The van der Waals surface area contributed by atoms with Crippen molar-refractivity contribution < 1.29 is 14.4 Å². The summed E-state index contributed by atoms with van der Waals surface area (Å²) >= 11 is 0. The third-order valence-corrected chi connectivity index (χ3v) is 6.76. The minimum absolute atomic E-state index is 0.0398. The molecule has 1 aliphatic carbocycles. The fraction of sp³-hybridized carbons (Fsp3) is 0.250. The number of benzene rings is 3. The molecule has 1 saturated heterocycles. The molecule has 172 valence electrons. The molecular weight excluding hydrogens is 426 g/mol. The van der Waals surface area contributed by atoms with Crippen LogP contribution < -0.4 is 5.32 Å². The summed E-state index contributed by atoms with van der Waals surface area (Å²) in [5, 5.41) is 2.97. The number of urea groups is 1. The number of carbonyl (C=O) groups excluding carboxylic acids is 3. The predicted octanol–water partition coefficient (Wildman–Crippen LogP) is 4.04. The fourth-order valence-corrected chi connectivity index (χ4v) is 4.66. The number of carbonyl (C=O) groups is 3. The molecule has 1 unspecified atom stereocenters. The first-order valence-corrected chi connectivity index (χ1v) is 11.6. The van der Waals surface area contributed by atoms with Crippen LogP contribution in [-0.4, -0.2) is 40.7 Å². The summed E-state index contributed by atoms with van der Waals surface area (Å²) in [4.78, 5) is 42.2. The topological polar surface area (TPSA) is 69.7 Å². The summed E-state index contributed by atoms with van der Waals surface area (Å²) < 4.78 is 0. The lowest BCUT2D eigenvalue weighted by atomic mass is 9.96. The summed E-state index contributed by atoms with van der Waals surface area (Å²) in [5.41, 5.74) is 2.83. The van der Waals surface area contributed by atoms with E-state index in [0.29, 0.717) is 13.1 Å². The standard InChI is InChI=1S/C28H27N3O3/c32-24(29-20-28(16-17-28)23-14-8-3-9-15-23)19-31-26(33)25(22-12-6-2-7-13-22)30(27(31)34)18-21-10-4-1-5-11-21/h1-15,25H,16-20H2,(H,29,32). The Morgan fingerprint density at radius 3 is 2.06 bits per heavy atom. The van der Waals surface area contributed by atoms with Gasteiger partial charge in [0.05, 0.1) is 0 Å². The van der Waals surface area contributed by atoms with Crippen molar-refractivity contribution in [2.24, 2.45) is 0 Å². The third kappa shape index (κ3) is 4.31. The Bertz CT molecular complexity index is 1180. The van der Waals surface area contributed by atoms with Gasteiger partial charge >= 0.3 is 6.03 Å². The summed E-state index contributed by atoms with van der Waals surface area (Å²) in [7, 11) is 0. The van der Waals surface area contributed by atoms with Gasteiger partial charge in [0.15, 0.2) is 0 Å². The van der Waals surface area contributed by atoms with E-state index in [-0.39, 0.29) is 23.8 Å². The van der Waals surface area contributed by atoms with Gasteiger partial charge in [-0.1, -0.05) is 91.0 Å². The average molecular weight is 454 g/mol. The second-order valence-electron chi connectivity index (χ2n) is 9.06. The lowest BCUT2D eigenvalue weighted by Crippen LogP contribution is -2.43. The van der Waals surface area contributed by atoms with Crippen LogP contribution in [0.25, 0.3) is 0 Å². The zero-order chi connectivity index (χ0) is 23.5. The van der Waals surface area contributed by atoms with Gasteiger partial charge in [0, 0.05) is 18.5 Å². The minimum atomic E-state index is -0.749. The van der Waals surface area contributed by atoms with Crippen molar-refractivity contribution in [3.63, 3.8) is 0 Å². The van der Waals surface area contributed by atoms with Crippen LogP contribution in [0.5, 0.6) is 0 Å². The van der Waals surface area contributed by atoms with Crippen molar-refractivity contribution in [3.8, 4) is 0 Å². The first-order valence-electron chi connectivity index (χ1n) is 11.6. The van der Waals surface area contributed by atoms with Crippen molar-refractivity contribution in [2.75, 3.05) is 13.1 Å². The first kappa shape index (κ1) is 21.9. The van der Waals surface area contributed by atoms with E-state index in [0.717, 1.165) is 28.9 Å². The highest BCUT2D eigenvalue weighted by Crippen LogP contribution is 2.47. The van der Waals surface area contributed by atoms with E-state index in [1.54, 1.807) is 4.90 Å². The highest BCUT2D eigenvalue weighted by Gasteiger charge is 2.47. The molecule has 1 saturated carbocycles. The number of imide groups is 1.